The summed E-state index contributed by atoms with van der Waals surface area (Å²) < 4.78 is 0. The minimum absolute atomic E-state index is 0.204. The number of halogens is 1. The van der Waals surface area contributed by atoms with Crippen LogP contribution in [0.1, 0.15) is 56.8 Å². The second-order valence-electron chi connectivity index (χ2n) is 6.58. The minimum atomic E-state index is -0.760. The van der Waals surface area contributed by atoms with E-state index in [9.17, 15) is 9.90 Å². The molecule has 1 aromatic rings. The van der Waals surface area contributed by atoms with Crippen LogP contribution < -0.4 is 16.0 Å². The highest BCUT2D eigenvalue weighted by molar-refractivity contribution is 6.33. The van der Waals surface area contributed by atoms with Gasteiger partial charge in [-0.05, 0) is 31.9 Å². The number of hydrogen-bond donors (Lipinski definition) is 4. The van der Waals surface area contributed by atoms with E-state index < -0.39 is 5.60 Å². The zero-order valence-electron chi connectivity index (χ0n) is 16.6. The Morgan fingerprint density at radius 3 is 2.30 bits per heavy atom. The van der Waals surface area contributed by atoms with Crippen molar-refractivity contribution in [3.8, 4) is 0 Å². The van der Waals surface area contributed by atoms with Gasteiger partial charge in [-0.15, -0.1) is 0 Å². The largest absolute Gasteiger partial charge is 0.388 e. The molecule has 0 aliphatic heterocycles. The fraction of sp³-hybridized carbons (Fsp3) is 0.600. The van der Waals surface area contributed by atoms with Gasteiger partial charge in [0.15, 0.2) is 5.96 Å². The van der Waals surface area contributed by atoms with Crippen LogP contribution >= 0.6 is 11.6 Å². The molecule has 1 rings (SSSR count). The standard InChI is InChI=1S/C20H33ClN4O2/c1-4-11-20(27,12-5-2)15-25-19(22-6-3)24-14-13-23-18(26)16-9-7-8-10-17(16)21/h7-10,27H,4-6,11-15H2,1-3H3,(H,23,26)(H2,22,24,25). The number of aliphatic imine (C=N–C) groups is 1. The minimum Gasteiger partial charge on any atom is -0.388 e. The average Bonchev–Trinajstić information content (AvgIpc) is 2.63. The fourth-order valence-corrected chi connectivity index (χ4v) is 3.10. The predicted octanol–water partition coefficient (Wildman–Crippen LogP) is 2.96. The van der Waals surface area contributed by atoms with Crippen molar-refractivity contribution in [3.63, 3.8) is 0 Å². The lowest BCUT2D eigenvalue weighted by molar-refractivity contribution is 0.0306. The molecule has 1 amide bonds. The Morgan fingerprint density at radius 1 is 1.07 bits per heavy atom. The zero-order chi connectivity index (χ0) is 20.1. The Labute approximate surface area is 167 Å². The second-order valence-corrected chi connectivity index (χ2v) is 6.99. The summed E-state index contributed by atoms with van der Waals surface area (Å²) in [5.41, 5.74) is -0.298. The van der Waals surface area contributed by atoms with Gasteiger partial charge in [0.05, 0.1) is 22.7 Å². The molecule has 6 nitrogen and oxygen atoms in total. The van der Waals surface area contributed by atoms with Crippen LogP contribution in [0.15, 0.2) is 29.3 Å². The Morgan fingerprint density at radius 2 is 1.70 bits per heavy atom. The summed E-state index contributed by atoms with van der Waals surface area (Å²) in [6.07, 6.45) is 3.31. The molecule has 0 atom stereocenters. The molecule has 0 aliphatic rings. The van der Waals surface area contributed by atoms with E-state index in [2.05, 4.69) is 34.8 Å². The molecule has 0 fully saturated rings. The summed E-state index contributed by atoms with van der Waals surface area (Å²) >= 11 is 6.03. The number of rotatable bonds is 11. The molecule has 1 aromatic carbocycles. The van der Waals surface area contributed by atoms with Gasteiger partial charge in [-0.1, -0.05) is 50.4 Å². The van der Waals surface area contributed by atoms with Gasteiger partial charge in [0, 0.05) is 19.6 Å². The number of guanidine groups is 1. The SMILES string of the molecule is CCCC(O)(CCC)CN=C(NCC)NCCNC(=O)c1ccccc1Cl. The summed E-state index contributed by atoms with van der Waals surface area (Å²) in [7, 11) is 0. The maximum Gasteiger partial charge on any atom is 0.252 e. The van der Waals surface area contributed by atoms with Gasteiger partial charge < -0.3 is 21.1 Å². The van der Waals surface area contributed by atoms with Crippen molar-refractivity contribution in [1.82, 2.24) is 16.0 Å². The number of nitrogens with zero attached hydrogens (tertiary/aromatic N) is 1. The number of carbonyl (C=O) groups excluding carboxylic acids is 1. The third-order valence-corrected chi connectivity index (χ3v) is 4.46. The van der Waals surface area contributed by atoms with E-state index in [0.29, 0.717) is 36.2 Å². The zero-order valence-corrected chi connectivity index (χ0v) is 17.4. The van der Waals surface area contributed by atoms with Crippen LogP contribution in [0.5, 0.6) is 0 Å². The first-order valence-electron chi connectivity index (χ1n) is 9.73. The Bertz CT molecular complexity index is 601. The Hall–Kier alpha value is -1.79. The van der Waals surface area contributed by atoms with Crippen molar-refractivity contribution in [1.29, 1.82) is 0 Å². The lowest BCUT2D eigenvalue weighted by Gasteiger charge is -2.26. The van der Waals surface area contributed by atoms with E-state index in [1.807, 2.05) is 6.92 Å². The monoisotopic (exact) mass is 396 g/mol. The molecule has 27 heavy (non-hydrogen) atoms. The normalized spacial score (nSPS) is 12.0. The summed E-state index contributed by atoms with van der Waals surface area (Å²) in [5, 5.41) is 20.3. The number of aliphatic hydroxyl groups is 1. The van der Waals surface area contributed by atoms with Gasteiger partial charge in [-0.2, -0.15) is 0 Å². The van der Waals surface area contributed by atoms with Crippen molar-refractivity contribution in [3.05, 3.63) is 34.9 Å². The first-order valence-corrected chi connectivity index (χ1v) is 10.1. The average molecular weight is 397 g/mol. The van der Waals surface area contributed by atoms with E-state index in [4.69, 9.17) is 11.6 Å². The summed E-state index contributed by atoms with van der Waals surface area (Å²) in [4.78, 5) is 16.7. The molecule has 0 aromatic heterocycles. The van der Waals surface area contributed by atoms with Gasteiger partial charge in [0.25, 0.3) is 5.91 Å². The number of nitrogens with one attached hydrogen (secondary N) is 3. The van der Waals surface area contributed by atoms with Crippen molar-refractivity contribution in [2.24, 2.45) is 4.99 Å². The highest BCUT2D eigenvalue weighted by Crippen LogP contribution is 2.19. The van der Waals surface area contributed by atoms with Crippen LogP contribution in [-0.4, -0.2) is 48.8 Å². The second kappa shape index (κ2) is 12.6. The van der Waals surface area contributed by atoms with E-state index in [1.54, 1.807) is 24.3 Å². The molecular weight excluding hydrogens is 364 g/mol. The van der Waals surface area contributed by atoms with Crippen molar-refractivity contribution in [2.75, 3.05) is 26.2 Å². The topological polar surface area (TPSA) is 85.8 Å². The molecule has 0 bridgehead atoms. The van der Waals surface area contributed by atoms with Gasteiger partial charge in [0.2, 0.25) is 0 Å². The van der Waals surface area contributed by atoms with Crippen LogP contribution in [0.4, 0.5) is 0 Å². The Kier molecular flexibility index (Phi) is 10.8. The van der Waals surface area contributed by atoms with E-state index in [0.717, 1.165) is 32.2 Å². The first-order chi connectivity index (χ1) is 13.0. The summed E-state index contributed by atoms with van der Waals surface area (Å²) in [5.74, 6) is 0.430. The van der Waals surface area contributed by atoms with Crippen LogP contribution in [0, 0.1) is 0 Å². The van der Waals surface area contributed by atoms with Crippen LogP contribution in [-0.2, 0) is 0 Å². The molecule has 7 heteroatoms. The predicted molar refractivity (Wildman–Crippen MR) is 113 cm³/mol. The molecule has 0 saturated carbocycles. The third kappa shape index (κ3) is 8.63. The smallest absolute Gasteiger partial charge is 0.252 e. The van der Waals surface area contributed by atoms with Gasteiger partial charge in [-0.3, -0.25) is 9.79 Å². The molecule has 0 unspecified atom stereocenters. The quantitative estimate of drug-likeness (QED) is 0.263. The first kappa shape index (κ1) is 23.2. The molecule has 4 N–H and O–H groups in total. The third-order valence-electron chi connectivity index (χ3n) is 4.13. The molecule has 0 radical (unpaired) electrons. The highest BCUT2D eigenvalue weighted by Gasteiger charge is 2.24. The summed E-state index contributed by atoms with van der Waals surface area (Å²) in [6.45, 7) is 8.14. The molecule has 0 spiro atoms. The number of benzene rings is 1. The Balaban J connectivity index is 2.52. The van der Waals surface area contributed by atoms with E-state index in [1.165, 1.54) is 0 Å². The number of carbonyl (C=O) groups is 1. The van der Waals surface area contributed by atoms with Crippen molar-refractivity contribution < 1.29 is 9.90 Å². The van der Waals surface area contributed by atoms with Crippen molar-refractivity contribution in [2.45, 2.75) is 52.1 Å². The molecule has 0 heterocycles. The van der Waals surface area contributed by atoms with Gasteiger partial charge >= 0.3 is 0 Å². The van der Waals surface area contributed by atoms with Crippen molar-refractivity contribution >= 4 is 23.5 Å². The molecule has 0 aliphatic carbocycles. The fourth-order valence-electron chi connectivity index (χ4n) is 2.88. The van der Waals surface area contributed by atoms with Crippen LogP contribution in [0.25, 0.3) is 0 Å². The molecule has 152 valence electrons. The number of amides is 1. The highest BCUT2D eigenvalue weighted by atomic mass is 35.5. The van der Waals surface area contributed by atoms with E-state index in [-0.39, 0.29) is 5.91 Å². The van der Waals surface area contributed by atoms with Crippen LogP contribution in [0.2, 0.25) is 5.02 Å². The van der Waals surface area contributed by atoms with Gasteiger partial charge in [-0.25, -0.2) is 0 Å². The lowest BCUT2D eigenvalue weighted by Crippen LogP contribution is -2.43. The van der Waals surface area contributed by atoms with Crippen LogP contribution in [0.3, 0.4) is 0 Å². The van der Waals surface area contributed by atoms with Gasteiger partial charge in [0.1, 0.15) is 0 Å². The lowest BCUT2D eigenvalue weighted by atomic mass is 9.93. The summed E-state index contributed by atoms with van der Waals surface area (Å²) in [6, 6.07) is 6.96. The number of hydrogen-bond acceptors (Lipinski definition) is 3. The maximum atomic E-state index is 12.1. The molecular formula is C20H33ClN4O2. The maximum absolute atomic E-state index is 12.1. The molecule has 0 saturated heterocycles. The van der Waals surface area contributed by atoms with E-state index >= 15 is 0 Å².